The molecule has 0 saturated heterocycles. The van der Waals surface area contributed by atoms with Gasteiger partial charge in [0.15, 0.2) is 0 Å². The Bertz CT molecular complexity index is 567. The number of primary amides is 1. The van der Waals surface area contributed by atoms with E-state index in [9.17, 15) is 4.79 Å². The molecule has 2 aromatic carbocycles. The van der Waals surface area contributed by atoms with Crippen LogP contribution in [0.4, 0.5) is 0 Å². The van der Waals surface area contributed by atoms with Crippen LogP contribution in [0.3, 0.4) is 0 Å². The molecule has 0 aliphatic carbocycles. The fourth-order valence-corrected chi connectivity index (χ4v) is 1.84. The summed E-state index contributed by atoms with van der Waals surface area (Å²) < 4.78 is 5.66. The number of rotatable bonds is 5. The molecule has 0 fully saturated rings. The average molecular weight is 276 g/mol. The van der Waals surface area contributed by atoms with Gasteiger partial charge in [-0.05, 0) is 42.3 Å². The fraction of sp³-hybridized carbons (Fsp3) is 0.133. The standard InChI is InChI=1S/C15H14ClNO2/c16-12-2-1-3-14(10-12)19-13-7-4-11(5-8-13)6-9-15(17)18/h1-5,7-8,10H,6,9H2,(H2,17,18). The van der Waals surface area contributed by atoms with Crippen LogP contribution in [-0.2, 0) is 11.2 Å². The molecule has 0 radical (unpaired) electrons. The van der Waals surface area contributed by atoms with E-state index < -0.39 is 0 Å². The van der Waals surface area contributed by atoms with Gasteiger partial charge in [-0.1, -0.05) is 29.8 Å². The number of carbonyl (C=O) groups excluding carboxylic acids is 1. The fourth-order valence-electron chi connectivity index (χ4n) is 1.66. The van der Waals surface area contributed by atoms with E-state index >= 15 is 0 Å². The van der Waals surface area contributed by atoms with Gasteiger partial charge in [0.05, 0.1) is 0 Å². The Kier molecular flexibility index (Phi) is 4.42. The van der Waals surface area contributed by atoms with E-state index in [1.54, 1.807) is 12.1 Å². The summed E-state index contributed by atoms with van der Waals surface area (Å²) in [7, 11) is 0. The lowest BCUT2D eigenvalue weighted by atomic mass is 10.1. The second kappa shape index (κ2) is 6.25. The lowest BCUT2D eigenvalue weighted by molar-refractivity contribution is -0.117. The van der Waals surface area contributed by atoms with E-state index in [2.05, 4.69) is 0 Å². The highest BCUT2D eigenvalue weighted by molar-refractivity contribution is 6.30. The van der Waals surface area contributed by atoms with E-state index in [1.807, 2.05) is 36.4 Å². The van der Waals surface area contributed by atoms with Gasteiger partial charge >= 0.3 is 0 Å². The smallest absolute Gasteiger partial charge is 0.217 e. The Morgan fingerprint density at radius 1 is 1.11 bits per heavy atom. The lowest BCUT2D eigenvalue weighted by Crippen LogP contribution is -2.11. The predicted octanol–water partition coefficient (Wildman–Crippen LogP) is 3.55. The van der Waals surface area contributed by atoms with Gasteiger partial charge in [0.2, 0.25) is 5.91 Å². The molecule has 2 rings (SSSR count). The molecule has 19 heavy (non-hydrogen) atoms. The van der Waals surface area contributed by atoms with Gasteiger partial charge in [-0.15, -0.1) is 0 Å². The molecule has 1 amide bonds. The van der Waals surface area contributed by atoms with Crippen molar-refractivity contribution in [3.05, 3.63) is 59.1 Å². The second-order valence-electron chi connectivity index (χ2n) is 4.17. The number of hydrogen-bond acceptors (Lipinski definition) is 2. The van der Waals surface area contributed by atoms with E-state index in [1.165, 1.54) is 0 Å². The van der Waals surface area contributed by atoms with Crippen molar-refractivity contribution in [3.63, 3.8) is 0 Å². The molecule has 0 aromatic heterocycles. The molecule has 0 atom stereocenters. The highest BCUT2D eigenvalue weighted by atomic mass is 35.5. The third kappa shape index (κ3) is 4.30. The summed E-state index contributed by atoms with van der Waals surface area (Å²) in [4.78, 5) is 10.7. The highest BCUT2D eigenvalue weighted by Gasteiger charge is 2.00. The largest absolute Gasteiger partial charge is 0.457 e. The van der Waals surface area contributed by atoms with E-state index in [-0.39, 0.29) is 5.91 Å². The minimum absolute atomic E-state index is 0.292. The number of benzene rings is 2. The summed E-state index contributed by atoms with van der Waals surface area (Å²) in [6.45, 7) is 0. The average Bonchev–Trinajstić information content (AvgIpc) is 2.38. The third-order valence-corrected chi connectivity index (χ3v) is 2.85. The van der Waals surface area contributed by atoms with Gasteiger partial charge in [-0.3, -0.25) is 4.79 Å². The molecule has 3 nitrogen and oxygen atoms in total. The summed E-state index contributed by atoms with van der Waals surface area (Å²) in [6.07, 6.45) is 1.00. The Labute approximate surface area is 117 Å². The molecular weight excluding hydrogens is 262 g/mol. The quantitative estimate of drug-likeness (QED) is 0.907. The van der Waals surface area contributed by atoms with Crippen LogP contribution in [0.5, 0.6) is 11.5 Å². The van der Waals surface area contributed by atoms with Gasteiger partial charge in [0, 0.05) is 11.4 Å². The molecule has 0 unspecified atom stereocenters. The van der Waals surface area contributed by atoms with Crippen LogP contribution in [0.25, 0.3) is 0 Å². The highest BCUT2D eigenvalue weighted by Crippen LogP contribution is 2.24. The number of amides is 1. The zero-order valence-corrected chi connectivity index (χ0v) is 11.1. The molecular formula is C15H14ClNO2. The summed E-state index contributed by atoms with van der Waals surface area (Å²) in [5.74, 6) is 1.13. The normalized spacial score (nSPS) is 10.2. The van der Waals surface area contributed by atoms with Gasteiger partial charge in [0.25, 0.3) is 0 Å². The van der Waals surface area contributed by atoms with Crippen molar-refractivity contribution in [2.45, 2.75) is 12.8 Å². The summed E-state index contributed by atoms with van der Waals surface area (Å²) in [5.41, 5.74) is 6.16. The van der Waals surface area contributed by atoms with Crippen molar-refractivity contribution in [1.29, 1.82) is 0 Å². The molecule has 2 N–H and O–H groups in total. The molecule has 0 spiro atoms. The molecule has 0 aliphatic rings. The first-order valence-corrected chi connectivity index (χ1v) is 6.32. The maximum absolute atomic E-state index is 10.7. The molecule has 0 aliphatic heterocycles. The SMILES string of the molecule is NC(=O)CCc1ccc(Oc2cccc(Cl)c2)cc1. The van der Waals surface area contributed by atoms with Crippen LogP contribution in [0.2, 0.25) is 5.02 Å². The first kappa shape index (κ1) is 13.4. The summed E-state index contributed by atoms with van der Waals surface area (Å²) in [6, 6.07) is 14.8. The number of ether oxygens (including phenoxy) is 1. The second-order valence-corrected chi connectivity index (χ2v) is 4.61. The van der Waals surface area contributed by atoms with Gasteiger partial charge in [0.1, 0.15) is 11.5 Å². The minimum atomic E-state index is -0.292. The maximum Gasteiger partial charge on any atom is 0.217 e. The number of carbonyl (C=O) groups is 1. The predicted molar refractivity (Wildman–Crippen MR) is 75.5 cm³/mol. The maximum atomic E-state index is 10.7. The Balaban J connectivity index is 2.00. The molecule has 0 saturated carbocycles. The lowest BCUT2D eigenvalue weighted by Gasteiger charge is -2.06. The Hall–Kier alpha value is -2.00. The van der Waals surface area contributed by atoms with Crippen molar-refractivity contribution in [1.82, 2.24) is 0 Å². The minimum Gasteiger partial charge on any atom is -0.457 e. The van der Waals surface area contributed by atoms with E-state index in [0.717, 1.165) is 11.3 Å². The van der Waals surface area contributed by atoms with Crippen LogP contribution in [0.1, 0.15) is 12.0 Å². The van der Waals surface area contributed by atoms with Crippen LogP contribution in [0, 0.1) is 0 Å². The molecule has 98 valence electrons. The first-order chi connectivity index (χ1) is 9.13. The zero-order valence-electron chi connectivity index (χ0n) is 10.3. The number of halogens is 1. The van der Waals surface area contributed by atoms with Crippen LogP contribution in [0.15, 0.2) is 48.5 Å². The topological polar surface area (TPSA) is 52.3 Å². The van der Waals surface area contributed by atoms with Crippen molar-refractivity contribution < 1.29 is 9.53 Å². The van der Waals surface area contributed by atoms with E-state index in [0.29, 0.717) is 23.6 Å². The van der Waals surface area contributed by atoms with Gasteiger partial charge in [-0.2, -0.15) is 0 Å². The Morgan fingerprint density at radius 2 is 1.84 bits per heavy atom. The molecule has 0 heterocycles. The summed E-state index contributed by atoms with van der Waals surface area (Å²) in [5, 5.41) is 0.635. The molecule has 2 aromatic rings. The van der Waals surface area contributed by atoms with Crippen LogP contribution < -0.4 is 10.5 Å². The van der Waals surface area contributed by atoms with Crippen molar-refractivity contribution >= 4 is 17.5 Å². The Morgan fingerprint density at radius 3 is 2.47 bits per heavy atom. The third-order valence-electron chi connectivity index (χ3n) is 2.62. The first-order valence-electron chi connectivity index (χ1n) is 5.94. The van der Waals surface area contributed by atoms with Crippen molar-refractivity contribution in [2.24, 2.45) is 5.73 Å². The number of aryl methyl sites for hydroxylation is 1. The number of hydrogen-bond donors (Lipinski definition) is 1. The summed E-state index contributed by atoms with van der Waals surface area (Å²) >= 11 is 5.88. The number of nitrogens with two attached hydrogens (primary N) is 1. The van der Waals surface area contributed by atoms with Gasteiger partial charge in [-0.25, -0.2) is 0 Å². The van der Waals surface area contributed by atoms with Crippen LogP contribution in [-0.4, -0.2) is 5.91 Å². The zero-order chi connectivity index (χ0) is 13.7. The van der Waals surface area contributed by atoms with E-state index in [4.69, 9.17) is 22.1 Å². The monoisotopic (exact) mass is 275 g/mol. The van der Waals surface area contributed by atoms with Crippen LogP contribution >= 0.6 is 11.6 Å². The van der Waals surface area contributed by atoms with Crippen molar-refractivity contribution in [2.75, 3.05) is 0 Å². The van der Waals surface area contributed by atoms with Gasteiger partial charge < -0.3 is 10.5 Å². The molecule has 4 heteroatoms. The van der Waals surface area contributed by atoms with Crippen molar-refractivity contribution in [3.8, 4) is 11.5 Å². The molecule has 0 bridgehead atoms.